The van der Waals surface area contributed by atoms with Crippen molar-refractivity contribution >= 4 is 32.5 Å². The maximum atomic E-state index is 2.28. The Kier molecular flexibility index (Phi) is 3.66. The van der Waals surface area contributed by atoms with Crippen molar-refractivity contribution in [2.75, 3.05) is 4.90 Å². The van der Waals surface area contributed by atoms with Gasteiger partial charge >= 0.3 is 0 Å². The molecule has 0 saturated carbocycles. The standard InChI is InChI=1S/C18H17NSi/c20-18-13-11-17(12-14-18)19(15-7-3-1-4-8-15)16-9-5-2-6-10-16/h1-14H,20H3. The number of benzene rings is 3. The van der Waals surface area contributed by atoms with Gasteiger partial charge < -0.3 is 4.90 Å². The minimum absolute atomic E-state index is 1.09. The molecule has 0 unspecified atom stereocenters. The Morgan fingerprint density at radius 3 is 1.35 bits per heavy atom. The lowest BCUT2D eigenvalue weighted by Gasteiger charge is -2.25. The van der Waals surface area contributed by atoms with E-state index >= 15 is 0 Å². The summed E-state index contributed by atoms with van der Waals surface area (Å²) in [7, 11) is 1.09. The predicted molar refractivity (Wildman–Crippen MR) is 90.7 cm³/mol. The molecule has 3 rings (SSSR count). The van der Waals surface area contributed by atoms with Gasteiger partial charge in [-0.2, -0.15) is 0 Å². The molecule has 3 aromatic carbocycles. The monoisotopic (exact) mass is 275 g/mol. The van der Waals surface area contributed by atoms with Gasteiger partial charge in [0, 0.05) is 27.3 Å². The first-order valence-corrected chi connectivity index (χ1v) is 7.81. The maximum absolute atomic E-state index is 2.28. The van der Waals surface area contributed by atoms with E-state index in [2.05, 4.69) is 77.7 Å². The molecular weight excluding hydrogens is 258 g/mol. The molecule has 0 heterocycles. The summed E-state index contributed by atoms with van der Waals surface area (Å²) in [6.45, 7) is 0. The molecule has 0 aliphatic rings. The zero-order valence-corrected chi connectivity index (χ0v) is 13.5. The number of para-hydroxylation sites is 2. The second-order valence-electron chi connectivity index (χ2n) is 4.84. The Bertz CT molecular complexity index is 623. The lowest BCUT2D eigenvalue weighted by Crippen LogP contribution is -2.11. The molecule has 20 heavy (non-hydrogen) atoms. The van der Waals surface area contributed by atoms with Crippen molar-refractivity contribution in [3.05, 3.63) is 84.9 Å². The molecule has 0 spiro atoms. The minimum Gasteiger partial charge on any atom is -0.311 e. The van der Waals surface area contributed by atoms with E-state index in [1.54, 1.807) is 0 Å². The second kappa shape index (κ2) is 5.76. The van der Waals surface area contributed by atoms with E-state index in [9.17, 15) is 0 Å². The zero-order chi connectivity index (χ0) is 13.8. The molecule has 0 aromatic heterocycles. The quantitative estimate of drug-likeness (QED) is 0.664. The third-order valence-electron chi connectivity index (χ3n) is 3.32. The van der Waals surface area contributed by atoms with Crippen LogP contribution in [0.25, 0.3) is 0 Å². The Balaban J connectivity index is 2.11. The first-order valence-electron chi connectivity index (χ1n) is 6.81. The van der Waals surface area contributed by atoms with E-state index in [0.717, 1.165) is 10.2 Å². The lowest BCUT2D eigenvalue weighted by atomic mass is 10.2. The highest BCUT2D eigenvalue weighted by molar-refractivity contribution is 6.32. The van der Waals surface area contributed by atoms with Gasteiger partial charge in [0.25, 0.3) is 0 Å². The van der Waals surface area contributed by atoms with Gasteiger partial charge in [-0.1, -0.05) is 53.7 Å². The van der Waals surface area contributed by atoms with E-state index in [1.165, 1.54) is 22.2 Å². The van der Waals surface area contributed by atoms with E-state index < -0.39 is 0 Å². The summed E-state index contributed by atoms with van der Waals surface area (Å²) in [6.07, 6.45) is 0. The number of rotatable bonds is 3. The first-order chi connectivity index (χ1) is 9.84. The van der Waals surface area contributed by atoms with Crippen LogP contribution >= 0.6 is 0 Å². The van der Waals surface area contributed by atoms with E-state index in [-0.39, 0.29) is 0 Å². The van der Waals surface area contributed by atoms with E-state index in [1.807, 2.05) is 12.1 Å². The first kappa shape index (κ1) is 12.7. The van der Waals surface area contributed by atoms with Gasteiger partial charge in [-0.15, -0.1) is 0 Å². The van der Waals surface area contributed by atoms with Crippen LogP contribution in [0, 0.1) is 0 Å². The van der Waals surface area contributed by atoms with Crippen molar-refractivity contribution in [2.24, 2.45) is 0 Å². The van der Waals surface area contributed by atoms with Crippen LogP contribution in [-0.4, -0.2) is 10.2 Å². The van der Waals surface area contributed by atoms with Crippen LogP contribution in [0.3, 0.4) is 0 Å². The van der Waals surface area contributed by atoms with Gasteiger partial charge in [0.05, 0.1) is 0 Å². The van der Waals surface area contributed by atoms with Gasteiger partial charge in [-0.05, 0) is 36.4 Å². The topological polar surface area (TPSA) is 3.24 Å². The van der Waals surface area contributed by atoms with Crippen LogP contribution in [0.2, 0.25) is 0 Å². The third-order valence-corrected chi connectivity index (χ3v) is 3.99. The fourth-order valence-corrected chi connectivity index (χ4v) is 2.63. The van der Waals surface area contributed by atoms with Crippen molar-refractivity contribution in [3.63, 3.8) is 0 Å². The highest BCUT2D eigenvalue weighted by atomic mass is 28.1. The van der Waals surface area contributed by atoms with Gasteiger partial charge in [-0.3, -0.25) is 0 Å². The number of hydrogen-bond acceptors (Lipinski definition) is 1. The highest BCUT2D eigenvalue weighted by Gasteiger charge is 2.10. The van der Waals surface area contributed by atoms with Crippen LogP contribution in [0.1, 0.15) is 0 Å². The summed E-state index contributed by atoms with van der Waals surface area (Å²) in [5.74, 6) is 0. The summed E-state index contributed by atoms with van der Waals surface area (Å²) in [5, 5.41) is 1.41. The molecule has 98 valence electrons. The normalized spacial score (nSPS) is 10.4. The number of hydrogen-bond donors (Lipinski definition) is 0. The van der Waals surface area contributed by atoms with Crippen LogP contribution in [0.5, 0.6) is 0 Å². The molecule has 0 N–H and O–H groups in total. The average Bonchev–Trinajstić information content (AvgIpc) is 2.52. The summed E-state index contributed by atoms with van der Waals surface area (Å²) in [4.78, 5) is 2.28. The highest BCUT2D eigenvalue weighted by Crippen LogP contribution is 2.33. The molecule has 0 saturated heterocycles. The molecule has 0 fully saturated rings. The Hall–Kier alpha value is -2.32. The van der Waals surface area contributed by atoms with Gasteiger partial charge in [-0.25, -0.2) is 0 Å². The third kappa shape index (κ3) is 2.65. The molecule has 2 heteroatoms. The SMILES string of the molecule is [SiH3]c1ccc(N(c2ccccc2)c2ccccc2)cc1. The Labute approximate surface area is 122 Å². The van der Waals surface area contributed by atoms with Crippen molar-refractivity contribution in [1.82, 2.24) is 0 Å². The molecule has 0 aliphatic heterocycles. The van der Waals surface area contributed by atoms with Gasteiger partial charge in [0.15, 0.2) is 0 Å². The predicted octanol–water partition coefficient (Wildman–Crippen LogP) is 3.15. The smallest absolute Gasteiger partial charge is 0.0461 e. The summed E-state index contributed by atoms with van der Waals surface area (Å²) in [5.41, 5.74) is 3.56. The summed E-state index contributed by atoms with van der Waals surface area (Å²) in [6, 6.07) is 29.8. The summed E-state index contributed by atoms with van der Waals surface area (Å²) < 4.78 is 0. The fourth-order valence-electron chi connectivity index (χ4n) is 2.30. The average molecular weight is 275 g/mol. The van der Waals surface area contributed by atoms with Crippen LogP contribution in [0.4, 0.5) is 17.1 Å². The van der Waals surface area contributed by atoms with Crippen molar-refractivity contribution in [2.45, 2.75) is 0 Å². The van der Waals surface area contributed by atoms with Crippen molar-refractivity contribution in [1.29, 1.82) is 0 Å². The van der Waals surface area contributed by atoms with Crippen molar-refractivity contribution < 1.29 is 0 Å². The molecule has 3 aromatic rings. The molecule has 0 radical (unpaired) electrons. The fraction of sp³-hybridized carbons (Fsp3) is 0. The van der Waals surface area contributed by atoms with Crippen LogP contribution < -0.4 is 10.1 Å². The van der Waals surface area contributed by atoms with E-state index in [4.69, 9.17) is 0 Å². The maximum Gasteiger partial charge on any atom is 0.0461 e. The van der Waals surface area contributed by atoms with E-state index in [0.29, 0.717) is 0 Å². The summed E-state index contributed by atoms with van der Waals surface area (Å²) >= 11 is 0. The molecule has 0 aliphatic carbocycles. The molecule has 1 nitrogen and oxygen atoms in total. The number of anilines is 3. The Morgan fingerprint density at radius 2 is 0.900 bits per heavy atom. The molecule has 0 atom stereocenters. The molecule has 0 bridgehead atoms. The second-order valence-corrected chi connectivity index (χ2v) is 6.00. The lowest BCUT2D eigenvalue weighted by molar-refractivity contribution is 1.29. The van der Waals surface area contributed by atoms with Crippen LogP contribution in [0.15, 0.2) is 84.9 Å². The largest absolute Gasteiger partial charge is 0.311 e. The zero-order valence-electron chi connectivity index (χ0n) is 11.5. The molecule has 0 amide bonds. The van der Waals surface area contributed by atoms with Gasteiger partial charge in [0.1, 0.15) is 0 Å². The Morgan fingerprint density at radius 1 is 0.500 bits per heavy atom. The van der Waals surface area contributed by atoms with Crippen LogP contribution in [-0.2, 0) is 0 Å². The number of nitrogens with zero attached hydrogens (tertiary/aromatic N) is 1. The van der Waals surface area contributed by atoms with Crippen molar-refractivity contribution in [3.8, 4) is 0 Å². The van der Waals surface area contributed by atoms with Gasteiger partial charge in [0.2, 0.25) is 0 Å². The minimum atomic E-state index is 1.09. The molecular formula is C18H17NSi.